The molecule has 1 aliphatic rings. The first-order chi connectivity index (χ1) is 11.1. The van der Waals surface area contributed by atoms with Gasteiger partial charge in [0.2, 0.25) is 0 Å². The van der Waals surface area contributed by atoms with Crippen molar-refractivity contribution in [3.8, 4) is 5.75 Å². The standard InChI is InChI=1S/C15H17ClN4O2S/c1-8-14(23-7-17-8)15(21)18-13-6-11(19-20-13)10-5-9(16)3-4-12(10)22-2/h3-5,7,11,13,19-20H,6H2,1-2H3,(H,18,21). The second-order valence-electron chi connectivity index (χ2n) is 5.26. The Morgan fingerprint density at radius 1 is 1.48 bits per heavy atom. The Morgan fingerprint density at radius 3 is 3.00 bits per heavy atom. The summed E-state index contributed by atoms with van der Waals surface area (Å²) in [6, 6.07) is 5.50. The van der Waals surface area contributed by atoms with E-state index >= 15 is 0 Å². The number of benzene rings is 1. The molecule has 1 aliphatic heterocycles. The summed E-state index contributed by atoms with van der Waals surface area (Å²) in [4.78, 5) is 17.0. The molecular weight excluding hydrogens is 336 g/mol. The van der Waals surface area contributed by atoms with E-state index in [2.05, 4.69) is 21.2 Å². The number of rotatable bonds is 4. The van der Waals surface area contributed by atoms with Gasteiger partial charge in [0.25, 0.3) is 5.91 Å². The molecule has 0 bridgehead atoms. The Morgan fingerprint density at radius 2 is 2.30 bits per heavy atom. The Bertz CT molecular complexity index is 721. The van der Waals surface area contributed by atoms with Gasteiger partial charge in [0, 0.05) is 17.0 Å². The maximum absolute atomic E-state index is 12.2. The van der Waals surface area contributed by atoms with Crippen molar-refractivity contribution in [2.75, 3.05) is 7.11 Å². The van der Waals surface area contributed by atoms with Crippen LogP contribution >= 0.6 is 22.9 Å². The number of amides is 1. The van der Waals surface area contributed by atoms with Crippen molar-refractivity contribution < 1.29 is 9.53 Å². The van der Waals surface area contributed by atoms with Crippen molar-refractivity contribution in [1.82, 2.24) is 21.2 Å². The molecule has 1 saturated heterocycles. The quantitative estimate of drug-likeness (QED) is 0.788. The van der Waals surface area contributed by atoms with Crippen LogP contribution in [-0.2, 0) is 0 Å². The second-order valence-corrected chi connectivity index (χ2v) is 6.55. The third kappa shape index (κ3) is 3.48. The maximum atomic E-state index is 12.2. The van der Waals surface area contributed by atoms with E-state index in [1.54, 1.807) is 18.7 Å². The fraction of sp³-hybridized carbons (Fsp3) is 0.333. The number of ether oxygens (including phenoxy) is 1. The molecule has 1 aromatic carbocycles. The van der Waals surface area contributed by atoms with Crippen LogP contribution in [-0.4, -0.2) is 24.2 Å². The molecular formula is C15H17ClN4O2S. The molecule has 2 unspecified atom stereocenters. The zero-order valence-electron chi connectivity index (χ0n) is 12.7. The van der Waals surface area contributed by atoms with Crippen LogP contribution in [0.1, 0.15) is 33.4 Å². The summed E-state index contributed by atoms with van der Waals surface area (Å²) in [7, 11) is 1.63. The van der Waals surface area contributed by atoms with Gasteiger partial charge < -0.3 is 10.1 Å². The van der Waals surface area contributed by atoms with Crippen LogP contribution in [0.3, 0.4) is 0 Å². The van der Waals surface area contributed by atoms with Crippen LogP contribution in [0.5, 0.6) is 5.75 Å². The normalized spacial score (nSPS) is 20.5. The van der Waals surface area contributed by atoms with Crippen LogP contribution in [0.4, 0.5) is 0 Å². The van der Waals surface area contributed by atoms with Crippen molar-refractivity contribution in [3.63, 3.8) is 0 Å². The summed E-state index contributed by atoms with van der Waals surface area (Å²) in [5, 5.41) is 3.61. The number of carbonyl (C=O) groups is 1. The Labute approximate surface area is 143 Å². The number of hydrogen-bond donors (Lipinski definition) is 3. The number of hydrazine groups is 1. The molecule has 2 aromatic rings. The molecule has 23 heavy (non-hydrogen) atoms. The molecule has 1 amide bonds. The van der Waals surface area contributed by atoms with Crippen molar-refractivity contribution in [2.45, 2.75) is 25.6 Å². The summed E-state index contributed by atoms with van der Waals surface area (Å²) < 4.78 is 5.38. The minimum absolute atomic E-state index is 0.00323. The van der Waals surface area contributed by atoms with Gasteiger partial charge >= 0.3 is 0 Å². The Kier molecular flexibility index (Phi) is 4.82. The summed E-state index contributed by atoms with van der Waals surface area (Å²) in [5.41, 5.74) is 9.64. The topological polar surface area (TPSA) is 75.3 Å². The predicted molar refractivity (Wildman–Crippen MR) is 89.7 cm³/mol. The summed E-state index contributed by atoms with van der Waals surface area (Å²) in [6.07, 6.45) is 0.498. The highest BCUT2D eigenvalue weighted by molar-refractivity contribution is 7.11. The smallest absolute Gasteiger partial charge is 0.264 e. The van der Waals surface area contributed by atoms with Crippen molar-refractivity contribution >= 4 is 28.8 Å². The highest BCUT2D eigenvalue weighted by atomic mass is 35.5. The van der Waals surface area contributed by atoms with E-state index in [0.717, 1.165) is 17.0 Å². The molecule has 0 aliphatic carbocycles. The number of aryl methyl sites for hydroxylation is 1. The molecule has 0 saturated carbocycles. The third-order valence-corrected chi connectivity index (χ3v) is 4.89. The van der Waals surface area contributed by atoms with Gasteiger partial charge in [-0.1, -0.05) is 11.6 Å². The minimum Gasteiger partial charge on any atom is -0.496 e. The molecule has 0 spiro atoms. The van der Waals surface area contributed by atoms with Gasteiger partial charge in [0.05, 0.1) is 30.5 Å². The molecule has 3 rings (SSSR count). The van der Waals surface area contributed by atoms with Crippen LogP contribution in [0.2, 0.25) is 5.02 Å². The zero-order valence-corrected chi connectivity index (χ0v) is 14.3. The highest BCUT2D eigenvalue weighted by Crippen LogP contribution is 2.32. The number of halogens is 1. The molecule has 6 nitrogen and oxygen atoms in total. The van der Waals surface area contributed by atoms with Gasteiger partial charge in [-0.15, -0.1) is 11.3 Å². The largest absolute Gasteiger partial charge is 0.496 e. The second kappa shape index (κ2) is 6.84. The molecule has 8 heteroatoms. The fourth-order valence-corrected chi connectivity index (χ4v) is 3.46. The SMILES string of the molecule is COc1ccc(Cl)cc1C1CC(NC(=O)c2scnc2C)NN1. The first-order valence-electron chi connectivity index (χ1n) is 7.14. The summed E-state index contributed by atoms with van der Waals surface area (Å²) >= 11 is 7.42. The van der Waals surface area contributed by atoms with E-state index in [4.69, 9.17) is 16.3 Å². The van der Waals surface area contributed by atoms with Crippen molar-refractivity contribution in [3.05, 3.63) is 44.9 Å². The van der Waals surface area contributed by atoms with Gasteiger partial charge in [-0.2, -0.15) is 0 Å². The lowest BCUT2D eigenvalue weighted by Crippen LogP contribution is -2.44. The summed E-state index contributed by atoms with van der Waals surface area (Å²) in [5.74, 6) is 0.641. The first kappa shape index (κ1) is 16.2. The maximum Gasteiger partial charge on any atom is 0.264 e. The van der Waals surface area contributed by atoms with E-state index < -0.39 is 0 Å². The Balaban J connectivity index is 1.68. The average Bonchev–Trinajstić information content (AvgIpc) is 3.16. The minimum atomic E-state index is -0.183. The van der Waals surface area contributed by atoms with E-state index in [9.17, 15) is 4.79 Å². The third-order valence-electron chi connectivity index (χ3n) is 3.73. The number of aromatic nitrogens is 1. The average molecular weight is 353 g/mol. The van der Waals surface area contributed by atoms with E-state index in [1.165, 1.54) is 11.3 Å². The summed E-state index contributed by atoms with van der Waals surface area (Å²) in [6.45, 7) is 1.82. The van der Waals surface area contributed by atoms with Gasteiger partial charge in [0.1, 0.15) is 10.6 Å². The lowest BCUT2D eigenvalue weighted by Gasteiger charge is -2.14. The monoisotopic (exact) mass is 352 g/mol. The number of nitrogens with one attached hydrogen (secondary N) is 3. The van der Waals surface area contributed by atoms with Gasteiger partial charge in [-0.05, 0) is 25.1 Å². The number of thiazole rings is 1. The highest BCUT2D eigenvalue weighted by Gasteiger charge is 2.29. The van der Waals surface area contributed by atoms with E-state index in [0.29, 0.717) is 16.3 Å². The van der Waals surface area contributed by atoms with E-state index in [1.807, 2.05) is 19.1 Å². The molecule has 1 aromatic heterocycles. The number of methoxy groups -OCH3 is 1. The van der Waals surface area contributed by atoms with E-state index in [-0.39, 0.29) is 18.1 Å². The number of nitrogens with zero attached hydrogens (tertiary/aromatic N) is 1. The molecule has 3 N–H and O–H groups in total. The molecule has 122 valence electrons. The van der Waals surface area contributed by atoms with Crippen molar-refractivity contribution in [1.29, 1.82) is 0 Å². The van der Waals surface area contributed by atoms with Crippen LogP contribution in [0, 0.1) is 6.92 Å². The van der Waals surface area contributed by atoms with Gasteiger partial charge in [-0.25, -0.2) is 15.8 Å². The number of hydrogen-bond acceptors (Lipinski definition) is 6. The zero-order chi connectivity index (χ0) is 16.4. The molecule has 1 fully saturated rings. The van der Waals surface area contributed by atoms with Gasteiger partial charge in [-0.3, -0.25) is 4.79 Å². The van der Waals surface area contributed by atoms with Crippen LogP contribution in [0.25, 0.3) is 0 Å². The Hall–Kier alpha value is -1.67. The lowest BCUT2D eigenvalue weighted by molar-refractivity contribution is 0.0935. The van der Waals surface area contributed by atoms with Crippen molar-refractivity contribution in [2.24, 2.45) is 0 Å². The van der Waals surface area contributed by atoms with Crippen LogP contribution < -0.4 is 20.9 Å². The molecule has 0 radical (unpaired) electrons. The predicted octanol–water partition coefficient (Wildman–Crippen LogP) is 2.41. The lowest BCUT2D eigenvalue weighted by atomic mass is 10.0. The molecule has 2 atom stereocenters. The number of carbonyl (C=O) groups excluding carboxylic acids is 1. The van der Waals surface area contributed by atoms with Gasteiger partial charge in [0.15, 0.2) is 0 Å². The fourth-order valence-electron chi connectivity index (χ4n) is 2.58. The first-order valence-corrected chi connectivity index (χ1v) is 8.39. The molecule has 2 heterocycles. The van der Waals surface area contributed by atoms with Crippen LogP contribution in [0.15, 0.2) is 23.7 Å².